The molecule has 3 aromatic rings. The lowest BCUT2D eigenvalue weighted by atomic mass is 10.1. The second-order valence-corrected chi connectivity index (χ2v) is 11.6. The monoisotopic (exact) mass is 615 g/mol. The number of halogens is 1. The zero-order valence-corrected chi connectivity index (χ0v) is 25.4. The van der Waals surface area contributed by atoms with Crippen molar-refractivity contribution >= 4 is 62.8 Å². The van der Waals surface area contributed by atoms with E-state index in [0.29, 0.717) is 22.7 Å². The standard InChI is InChI=1S/C29H34ClN5O6S/c1-4-39-28(37)27(41-29(38)40-18-32(2)3)35-23-17-22(30)19(15-20(23)16-25(35)36)9-10-33-11-13-34(14-12-33)26-21-7-5-6-8-24(21)42-31-26/h5-8,15,17,27H,4,9-14,16,18H2,1-3H3. The number of aromatic nitrogens is 1. The van der Waals surface area contributed by atoms with E-state index in [1.807, 2.05) is 18.2 Å². The van der Waals surface area contributed by atoms with E-state index in [2.05, 4.69) is 21.9 Å². The molecule has 0 bridgehead atoms. The third kappa shape index (κ3) is 6.62. The van der Waals surface area contributed by atoms with Crippen molar-refractivity contribution in [3.8, 4) is 0 Å². The van der Waals surface area contributed by atoms with Crippen LogP contribution in [0.5, 0.6) is 0 Å². The lowest BCUT2D eigenvalue weighted by Crippen LogP contribution is -2.47. The number of anilines is 2. The van der Waals surface area contributed by atoms with Crippen molar-refractivity contribution in [2.75, 3.05) is 70.0 Å². The van der Waals surface area contributed by atoms with Crippen molar-refractivity contribution in [2.24, 2.45) is 0 Å². The van der Waals surface area contributed by atoms with Gasteiger partial charge in [0.1, 0.15) is 12.5 Å². The van der Waals surface area contributed by atoms with Crippen molar-refractivity contribution in [3.63, 3.8) is 0 Å². The number of fused-ring (bicyclic) bond motifs is 2. The van der Waals surface area contributed by atoms with Gasteiger partial charge in [0.2, 0.25) is 5.91 Å². The van der Waals surface area contributed by atoms with Crippen molar-refractivity contribution in [3.05, 3.63) is 52.5 Å². The van der Waals surface area contributed by atoms with Crippen LogP contribution in [0, 0.1) is 0 Å². The molecule has 13 heteroatoms. The minimum absolute atomic E-state index is 0.0474. The maximum absolute atomic E-state index is 13.1. The third-order valence-corrected chi connectivity index (χ3v) is 8.39. The summed E-state index contributed by atoms with van der Waals surface area (Å²) >= 11 is 8.23. The zero-order valence-electron chi connectivity index (χ0n) is 23.9. The molecule has 1 unspecified atom stereocenters. The van der Waals surface area contributed by atoms with Crippen LogP contribution in [0.4, 0.5) is 16.3 Å². The van der Waals surface area contributed by atoms with Crippen LogP contribution < -0.4 is 9.80 Å². The number of carbonyl (C=O) groups excluding carboxylic acids is 3. The normalized spacial score (nSPS) is 16.2. The highest BCUT2D eigenvalue weighted by Crippen LogP contribution is 2.36. The minimum Gasteiger partial charge on any atom is -0.462 e. The van der Waals surface area contributed by atoms with Crippen molar-refractivity contribution in [1.82, 2.24) is 14.2 Å². The van der Waals surface area contributed by atoms with E-state index in [9.17, 15) is 14.4 Å². The highest BCUT2D eigenvalue weighted by atomic mass is 35.5. The summed E-state index contributed by atoms with van der Waals surface area (Å²) in [6.45, 7) is 6.03. The number of hydrogen-bond donors (Lipinski definition) is 0. The zero-order chi connectivity index (χ0) is 29.8. The van der Waals surface area contributed by atoms with Crippen LogP contribution >= 0.6 is 23.1 Å². The fourth-order valence-corrected chi connectivity index (χ4v) is 6.19. The van der Waals surface area contributed by atoms with Gasteiger partial charge in [0.15, 0.2) is 0 Å². The van der Waals surface area contributed by atoms with E-state index in [1.54, 1.807) is 32.0 Å². The Bertz CT molecular complexity index is 1460. The first-order valence-electron chi connectivity index (χ1n) is 13.8. The summed E-state index contributed by atoms with van der Waals surface area (Å²) in [4.78, 5) is 45.6. The van der Waals surface area contributed by atoms with Crippen molar-refractivity contribution < 1.29 is 28.6 Å². The Hall–Kier alpha value is -3.45. The van der Waals surface area contributed by atoms with Crippen molar-refractivity contribution in [2.45, 2.75) is 26.0 Å². The van der Waals surface area contributed by atoms with Gasteiger partial charge in [-0.2, -0.15) is 4.37 Å². The van der Waals surface area contributed by atoms with Crippen LogP contribution in [-0.4, -0.2) is 98.6 Å². The predicted molar refractivity (Wildman–Crippen MR) is 161 cm³/mol. The number of ether oxygens (including phenoxy) is 3. The summed E-state index contributed by atoms with van der Waals surface area (Å²) in [5.74, 6) is -0.213. The number of hydrogen-bond acceptors (Lipinski definition) is 11. The van der Waals surface area contributed by atoms with E-state index >= 15 is 0 Å². The van der Waals surface area contributed by atoms with E-state index < -0.39 is 24.3 Å². The third-order valence-electron chi connectivity index (χ3n) is 7.22. The van der Waals surface area contributed by atoms with E-state index in [-0.39, 0.29) is 19.8 Å². The predicted octanol–water partition coefficient (Wildman–Crippen LogP) is 3.77. The summed E-state index contributed by atoms with van der Waals surface area (Å²) in [5.41, 5.74) is 2.03. The maximum atomic E-state index is 13.1. The van der Waals surface area contributed by atoms with Gasteiger partial charge in [-0.3, -0.25) is 19.5 Å². The quantitative estimate of drug-likeness (QED) is 0.247. The average Bonchev–Trinajstić information content (AvgIpc) is 3.54. The Morgan fingerprint density at radius 1 is 1.12 bits per heavy atom. The van der Waals surface area contributed by atoms with E-state index in [1.165, 1.54) is 21.6 Å². The molecule has 2 aliphatic rings. The Balaban J connectivity index is 1.23. The number of esters is 1. The van der Waals surface area contributed by atoms with E-state index in [0.717, 1.165) is 49.0 Å². The first-order chi connectivity index (χ1) is 20.2. The number of amides is 1. The van der Waals surface area contributed by atoms with Crippen molar-refractivity contribution in [1.29, 1.82) is 0 Å². The molecule has 3 heterocycles. The minimum atomic E-state index is -1.62. The molecule has 0 spiro atoms. The molecule has 0 radical (unpaired) electrons. The van der Waals surface area contributed by atoms with Gasteiger partial charge in [-0.1, -0.05) is 29.8 Å². The van der Waals surface area contributed by atoms with Gasteiger partial charge in [0, 0.05) is 43.1 Å². The lowest BCUT2D eigenvalue weighted by Gasteiger charge is -2.35. The number of benzene rings is 2. The van der Waals surface area contributed by atoms with Crippen LogP contribution in [0.3, 0.4) is 0 Å². The fourth-order valence-electron chi connectivity index (χ4n) is 5.14. The van der Waals surface area contributed by atoms with Gasteiger partial charge in [0.25, 0.3) is 6.23 Å². The molecule has 1 atom stereocenters. The van der Waals surface area contributed by atoms with Gasteiger partial charge in [-0.25, -0.2) is 9.59 Å². The molecular formula is C29H34ClN5O6S. The van der Waals surface area contributed by atoms with Gasteiger partial charge in [0.05, 0.1) is 23.4 Å². The molecule has 5 rings (SSSR count). The molecule has 0 N–H and O–H groups in total. The summed E-state index contributed by atoms with van der Waals surface area (Å²) in [6.07, 6.45) is -1.96. The van der Waals surface area contributed by atoms with Crippen LogP contribution in [0.25, 0.3) is 10.1 Å². The number of piperazine rings is 1. The summed E-state index contributed by atoms with van der Waals surface area (Å²) in [7, 11) is 3.42. The molecule has 1 amide bonds. The van der Waals surface area contributed by atoms with Crippen LogP contribution in [0.2, 0.25) is 5.02 Å². The molecule has 1 aromatic heterocycles. The Labute approximate surface area is 253 Å². The van der Waals surface area contributed by atoms with Crippen LogP contribution in [0.15, 0.2) is 36.4 Å². The largest absolute Gasteiger partial charge is 0.512 e. The van der Waals surface area contributed by atoms with Crippen LogP contribution in [-0.2, 0) is 36.6 Å². The number of nitrogens with zero attached hydrogens (tertiary/aromatic N) is 5. The van der Waals surface area contributed by atoms with Gasteiger partial charge in [-0.05, 0) is 68.3 Å². The second-order valence-electron chi connectivity index (χ2n) is 10.4. The second kappa shape index (κ2) is 13.2. The first kappa shape index (κ1) is 30.0. The molecule has 0 saturated carbocycles. The van der Waals surface area contributed by atoms with E-state index in [4.69, 9.17) is 30.2 Å². The molecule has 1 fully saturated rings. The topological polar surface area (TPSA) is 105 Å². The summed E-state index contributed by atoms with van der Waals surface area (Å²) < 4.78 is 21.3. The molecule has 2 aromatic carbocycles. The summed E-state index contributed by atoms with van der Waals surface area (Å²) in [5, 5.41) is 1.67. The SMILES string of the molecule is CCOC(=O)C(OC(=O)OCN(C)C)N1C(=O)Cc2cc(CCN3CCN(c4nsc5ccccc45)CC3)c(Cl)cc21. The van der Waals surface area contributed by atoms with Crippen LogP contribution in [0.1, 0.15) is 18.1 Å². The molecule has 2 aliphatic heterocycles. The summed E-state index contributed by atoms with van der Waals surface area (Å²) in [6, 6.07) is 11.9. The molecule has 0 aliphatic carbocycles. The molecule has 42 heavy (non-hydrogen) atoms. The highest BCUT2D eigenvalue weighted by Gasteiger charge is 2.41. The number of rotatable bonds is 10. The molecule has 224 valence electrons. The molecule has 1 saturated heterocycles. The lowest BCUT2D eigenvalue weighted by molar-refractivity contribution is -0.156. The number of carbonyl (C=O) groups is 3. The molecule has 11 nitrogen and oxygen atoms in total. The Kier molecular flexibility index (Phi) is 9.47. The smallest absolute Gasteiger partial charge is 0.462 e. The maximum Gasteiger partial charge on any atom is 0.512 e. The fraction of sp³-hybridized carbons (Fsp3) is 0.448. The molecular weight excluding hydrogens is 582 g/mol. The highest BCUT2D eigenvalue weighted by molar-refractivity contribution is 7.13. The van der Waals surface area contributed by atoms with Gasteiger partial charge in [-0.15, -0.1) is 0 Å². The Morgan fingerprint density at radius 3 is 2.62 bits per heavy atom. The van der Waals surface area contributed by atoms with Gasteiger partial charge < -0.3 is 19.1 Å². The first-order valence-corrected chi connectivity index (χ1v) is 15.0. The Morgan fingerprint density at radius 2 is 1.88 bits per heavy atom. The van der Waals surface area contributed by atoms with Gasteiger partial charge >= 0.3 is 12.1 Å². The average molecular weight is 616 g/mol.